The van der Waals surface area contributed by atoms with E-state index in [9.17, 15) is 0 Å². The Morgan fingerprint density at radius 2 is 2.17 bits per heavy atom. The molecule has 0 heterocycles. The van der Waals surface area contributed by atoms with Crippen molar-refractivity contribution >= 4 is 11.6 Å². The van der Waals surface area contributed by atoms with Gasteiger partial charge in [0, 0.05) is 32.6 Å². The molecule has 1 rings (SSSR count). The molecule has 2 nitrogen and oxygen atoms in total. The van der Waals surface area contributed by atoms with Gasteiger partial charge >= 0.3 is 0 Å². The highest BCUT2D eigenvalue weighted by molar-refractivity contribution is 6.18. The zero-order valence-corrected chi connectivity index (χ0v) is 8.52. The van der Waals surface area contributed by atoms with Gasteiger partial charge in [0.2, 0.25) is 0 Å². The highest BCUT2D eigenvalue weighted by Crippen LogP contribution is 2.29. The summed E-state index contributed by atoms with van der Waals surface area (Å²) in [5.41, 5.74) is 0. The molecule has 0 spiro atoms. The fourth-order valence-corrected chi connectivity index (χ4v) is 1.54. The summed E-state index contributed by atoms with van der Waals surface area (Å²) in [6, 6.07) is 0. The summed E-state index contributed by atoms with van der Waals surface area (Å²) in [5.74, 6) is 1.68. The maximum atomic E-state index is 5.70. The fraction of sp³-hybridized carbons (Fsp3) is 1.00. The van der Waals surface area contributed by atoms with Crippen molar-refractivity contribution in [3.8, 4) is 0 Å². The maximum absolute atomic E-state index is 5.70. The Kier molecular flexibility index (Phi) is 4.96. The molecule has 0 aromatic rings. The second-order valence-electron chi connectivity index (χ2n) is 3.43. The standard InChI is InChI=1S/C9H18ClNO/c1-12-7-6-11(5-4-10)8-9-2-3-9/h9H,2-8H2,1H3. The summed E-state index contributed by atoms with van der Waals surface area (Å²) in [6.45, 7) is 4.07. The Bertz CT molecular complexity index is 117. The first kappa shape index (κ1) is 10.3. The number of halogens is 1. The van der Waals surface area contributed by atoms with Crippen molar-refractivity contribution in [3.05, 3.63) is 0 Å². The lowest BCUT2D eigenvalue weighted by atomic mass is 10.3. The van der Waals surface area contributed by atoms with E-state index in [2.05, 4.69) is 4.90 Å². The Hall–Kier alpha value is 0.210. The van der Waals surface area contributed by atoms with Crippen molar-refractivity contribution in [1.82, 2.24) is 4.90 Å². The van der Waals surface area contributed by atoms with Gasteiger partial charge in [-0.15, -0.1) is 11.6 Å². The average molecular weight is 192 g/mol. The van der Waals surface area contributed by atoms with Crippen molar-refractivity contribution in [2.45, 2.75) is 12.8 Å². The third-order valence-electron chi connectivity index (χ3n) is 2.23. The number of hydrogen-bond acceptors (Lipinski definition) is 2. The molecular formula is C9H18ClNO. The van der Waals surface area contributed by atoms with Crippen LogP contribution in [0.1, 0.15) is 12.8 Å². The van der Waals surface area contributed by atoms with Crippen molar-refractivity contribution in [3.63, 3.8) is 0 Å². The molecular weight excluding hydrogens is 174 g/mol. The number of rotatable bonds is 7. The molecule has 0 aliphatic heterocycles. The Morgan fingerprint density at radius 1 is 1.42 bits per heavy atom. The molecule has 0 amide bonds. The van der Waals surface area contributed by atoms with Crippen LogP contribution in [0.4, 0.5) is 0 Å². The van der Waals surface area contributed by atoms with E-state index in [1.165, 1.54) is 19.4 Å². The van der Waals surface area contributed by atoms with Gasteiger partial charge < -0.3 is 4.74 Å². The van der Waals surface area contributed by atoms with Crippen molar-refractivity contribution in [2.24, 2.45) is 5.92 Å². The second kappa shape index (κ2) is 5.79. The minimum absolute atomic E-state index is 0.733. The monoisotopic (exact) mass is 191 g/mol. The minimum atomic E-state index is 0.733. The Labute approximate surface area is 79.8 Å². The van der Waals surface area contributed by atoms with Gasteiger partial charge in [-0.2, -0.15) is 0 Å². The van der Waals surface area contributed by atoms with Gasteiger partial charge in [0.15, 0.2) is 0 Å². The molecule has 1 saturated carbocycles. The van der Waals surface area contributed by atoms with E-state index in [1.54, 1.807) is 7.11 Å². The molecule has 12 heavy (non-hydrogen) atoms. The molecule has 1 aliphatic carbocycles. The van der Waals surface area contributed by atoms with Gasteiger partial charge in [0.05, 0.1) is 6.61 Å². The minimum Gasteiger partial charge on any atom is -0.383 e. The molecule has 0 radical (unpaired) electrons. The molecule has 0 N–H and O–H groups in total. The molecule has 0 unspecified atom stereocenters. The SMILES string of the molecule is COCCN(CCCl)CC1CC1. The van der Waals surface area contributed by atoms with Gasteiger partial charge in [-0.05, 0) is 18.8 Å². The summed E-state index contributed by atoms with van der Waals surface area (Å²) in [7, 11) is 1.75. The first-order chi connectivity index (χ1) is 5.86. The van der Waals surface area contributed by atoms with E-state index in [4.69, 9.17) is 16.3 Å². The van der Waals surface area contributed by atoms with Gasteiger partial charge in [0.1, 0.15) is 0 Å². The number of ether oxygens (including phenoxy) is 1. The molecule has 0 saturated heterocycles. The van der Waals surface area contributed by atoms with Crippen LogP contribution < -0.4 is 0 Å². The van der Waals surface area contributed by atoms with Gasteiger partial charge in [0.25, 0.3) is 0 Å². The van der Waals surface area contributed by atoms with E-state index >= 15 is 0 Å². The highest BCUT2D eigenvalue weighted by atomic mass is 35.5. The predicted molar refractivity (Wildman–Crippen MR) is 51.8 cm³/mol. The van der Waals surface area contributed by atoms with E-state index in [0.717, 1.165) is 31.5 Å². The first-order valence-corrected chi connectivity index (χ1v) is 5.17. The van der Waals surface area contributed by atoms with E-state index in [0.29, 0.717) is 0 Å². The van der Waals surface area contributed by atoms with Crippen LogP contribution in [-0.4, -0.2) is 44.1 Å². The second-order valence-corrected chi connectivity index (χ2v) is 3.80. The van der Waals surface area contributed by atoms with E-state index < -0.39 is 0 Å². The quantitative estimate of drug-likeness (QED) is 0.567. The summed E-state index contributed by atoms with van der Waals surface area (Å²) in [4.78, 5) is 2.40. The molecule has 0 aromatic carbocycles. The van der Waals surface area contributed by atoms with Crippen molar-refractivity contribution in [2.75, 3.05) is 39.2 Å². The average Bonchev–Trinajstić information content (AvgIpc) is 2.84. The van der Waals surface area contributed by atoms with Gasteiger partial charge in [-0.3, -0.25) is 4.90 Å². The van der Waals surface area contributed by atoms with Crippen LogP contribution in [0.5, 0.6) is 0 Å². The Morgan fingerprint density at radius 3 is 2.67 bits per heavy atom. The zero-order chi connectivity index (χ0) is 8.81. The first-order valence-electron chi connectivity index (χ1n) is 4.64. The predicted octanol–water partition coefficient (Wildman–Crippen LogP) is 1.58. The molecule has 1 fully saturated rings. The largest absolute Gasteiger partial charge is 0.383 e. The van der Waals surface area contributed by atoms with E-state index in [-0.39, 0.29) is 0 Å². The smallest absolute Gasteiger partial charge is 0.0589 e. The summed E-state index contributed by atoms with van der Waals surface area (Å²) >= 11 is 5.70. The van der Waals surface area contributed by atoms with Crippen molar-refractivity contribution < 1.29 is 4.74 Å². The van der Waals surface area contributed by atoms with E-state index in [1.807, 2.05) is 0 Å². The fourth-order valence-electron chi connectivity index (χ4n) is 1.30. The number of hydrogen-bond donors (Lipinski definition) is 0. The van der Waals surface area contributed by atoms with Crippen molar-refractivity contribution in [1.29, 1.82) is 0 Å². The number of methoxy groups -OCH3 is 1. The molecule has 72 valence electrons. The Balaban J connectivity index is 2.07. The molecule has 1 aliphatic rings. The molecule has 0 bridgehead atoms. The van der Waals surface area contributed by atoms with Crippen LogP contribution in [0.2, 0.25) is 0 Å². The number of alkyl halides is 1. The van der Waals surface area contributed by atoms with Crippen LogP contribution in [0.25, 0.3) is 0 Å². The maximum Gasteiger partial charge on any atom is 0.0589 e. The van der Waals surface area contributed by atoms with Crippen LogP contribution in [0.3, 0.4) is 0 Å². The van der Waals surface area contributed by atoms with Crippen LogP contribution in [0.15, 0.2) is 0 Å². The third-order valence-corrected chi connectivity index (χ3v) is 2.39. The molecule has 0 aromatic heterocycles. The zero-order valence-electron chi connectivity index (χ0n) is 7.76. The van der Waals surface area contributed by atoms with Crippen LogP contribution in [-0.2, 0) is 4.74 Å². The van der Waals surface area contributed by atoms with Gasteiger partial charge in [-0.25, -0.2) is 0 Å². The third kappa shape index (κ3) is 4.29. The highest BCUT2D eigenvalue weighted by Gasteiger charge is 2.23. The molecule has 0 atom stereocenters. The summed E-state index contributed by atoms with van der Waals surface area (Å²) in [5, 5.41) is 0. The summed E-state index contributed by atoms with van der Waals surface area (Å²) in [6.07, 6.45) is 2.82. The normalized spacial score (nSPS) is 17.2. The van der Waals surface area contributed by atoms with Gasteiger partial charge in [-0.1, -0.05) is 0 Å². The lowest BCUT2D eigenvalue weighted by molar-refractivity contribution is 0.148. The summed E-state index contributed by atoms with van der Waals surface area (Å²) < 4.78 is 5.04. The van der Waals surface area contributed by atoms with Crippen LogP contribution in [0, 0.1) is 5.92 Å². The van der Waals surface area contributed by atoms with Crippen LogP contribution >= 0.6 is 11.6 Å². The number of nitrogens with zero attached hydrogens (tertiary/aromatic N) is 1. The lowest BCUT2D eigenvalue weighted by Gasteiger charge is -2.20. The topological polar surface area (TPSA) is 12.5 Å². The lowest BCUT2D eigenvalue weighted by Crippen LogP contribution is -2.31. The molecule has 3 heteroatoms.